The van der Waals surface area contributed by atoms with Gasteiger partial charge >= 0.3 is 5.97 Å². The van der Waals surface area contributed by atoms with Crippen molar-refractivity contribution in [1.82, 2.24) is 0 Å². The van der Waals surface area contributed by atoms with Crippen molar-refractivity contribution in [1.29, 1.82) is 0 Å². The van der Waals surface area contributed by atoms with Crippen LogP contribution in [0.25, 0.3) is 11.1 Å². The third-order valence-corrected chi connectivity index (χ3v) is 4.87. The minimum Gasteiger partial charge on any atom is -0.493 e. The van der Waals surface area contributed by atoms with E-state index < -0.39 is 23.8 Å². The Hall–Kier alpha value is -3.64. The highest BCUT2D eigenvalue weighted by Crippen LogP contribution is 2.20. The number of amides is 1. The SMILES string of the molecule is C[C@](N)(CC(=O)O)C(=O)Nc1ccc(OCCc2ccc(-c3ccccc3)cc2)cc1. The van der Waals surface area contributed by atoms with Gasteiger partial charge in [0.25, 0.3) is 0 Å². The lowest BCUT2D eigenvalue weighted by Crippen LogP contribution is -2.49. The van der Waals surface area contributed by atoms with Crippen molar-refractivity contribution in [2.75, 3.05) is 11.9 Å². The minimum absolute atomic E-state index is 0.452. The van der Waals surface area contributed by atoms with Gasteiger partial charge in [0.15, 0.2) is 0 Å². The number of rotatable bonds is 9. The fraction of sp³-hybridized carbons (Fsp3) is 0.200. The fourth-order valence-electron chi connectivity index (χ4n) is 3.08. The number of ether oxygens (including phenoxy) is 1. The van der Waals surface area contributed by atoms with Crippen molar-refractivity contribution < 1.29 is 19.4 Å². The highest BCUT2D eigenvalue weighted by Gasteiger charge is 2.31. The van der Waals surface area contributed by atoms with Crippen molar-refractivity contribution in [2.24, 2.45) is 5.73 Å². The highest BCUT2D eigenvalue weighted by molar-refractivity contribution is 5.99. The Morgan fingerprint density at radius 2 is 1.55 bits per heavy atom. The smallest absolute Gasteiger partial charge is 0.305 e. The number of nitrogens with one attached hydrogen (secondary N) is 1. The molecule has 1 amide bonds. The number of carboxylic acid groups (broad SMARTS) is 1. The number of carboxylic acids is 1. The van der Waals surface area contributed by atoms with Gasteiger partial charge in [-0.05, 0) is 47.9 Å². The molecule has 0 saturated carbocycles. The molecular formula is C25H26N2O4. The molecule has 3 aromatic rings. The van der Waals surface area contributed by atoms with Gasteiger partial charge in [0.05, 0.1) is 13.0 Å². The van der Waals surface area contributed by atoms with Gasteiger partial charge in [0.2, 0.25) is 5.91 Å². The lowest BCUT2D eigenvalue weighted by Gasteiger charge is -2.21. The molecule has 31 heavy (non-hydrogen) atoms. The normalized spacial score (nSPS) is 12.6. The predicted molar refractivity (Wildman–Crippen MR) is 121 cm³/mol. The molecule has 6 nitrogen and oxygen atoms in total. The molecule has 0 bridgehead atoms. The Labute approximate surface area is 181 Å². The summed E-state index contributed by atoms with van der Waals surface area (Å²) in [7, 11) is 0. The monoisotopic (exact) mass is 418 g/mol. The van der Waals surface area contributed by atoms with Crippen LogP contribution in [-0.4, -0.2) is 29.1 Å². The summed E-state index contributed by atoms with van der Waals surface area (Å²) in [6, 6.07) is 25.5. The summed E-state index contributed by atoms with van der Waals surface area (Å²) in [5, 5.41) is 11.5. The van der Waals surface area contributed by atoms with E-state index in [4.69, 9.17) is 15.6 Å². The molecule has 0 fully saturated rings. The van der Waals surface area contributed by atoms with E-state index >= 15 is 0 Å². The van der Waals surface area contributed by atoms with Crippen LogP contribution in [0, 0.1) is 0 Å². The quantitative estimate of drug-likeness (QED) is 0.485. The first-order chi connectivity index (χ1) is 14.8. The van der Waals surface area contributed by atoms with E-state index in [9.17, 15) is 9.59 Å². The molecule has 3 aromatic carbocycles. The van der Waals surface area contributed by atoms with E-state index in [-0.39, 0.29) is 0 Å². The summed E-state index contributed by atoms with van der Waals surface area (Å²) in [5.41, 5.74) is 8.37. The predicted octanol–water partition coefficient (Wildman–Crippen LogP) is 4.11. The zero-order chi connectivity index (χ0) is 22.3. The van der Waals surface area contributed by atoms with Crippen LogP contribution >= 0.6 is 0 Å². The molecule has 0 aliphatic heterocycles. The number of nitrogens with two attached hydrogens (primary N) is 1. The van der Waals surface area contributed by atoms with Gasteiger partial charge in [-0.3, -0.25) is 9.59 Å². The summed E-state index contributed by atoms with van der Waals surface area (Å²) in [4.78, 5) is 23.0. The maximum Gasteiger partial charge on any atom is 0.305 e. The average Bonchev–Trinajstić information content (AvgIpc) is 2.75. The number of hydrogen-bond donors (Lipinski definition) is 3. The van der Waals surface area contributed by atoms with Crippen LogP contribution in [0.3, 0.4) is 0 Å². The number of aliphatic carboxylic acids is 1. The zero-order valence-corrected chi connectivity index (χ0v) is 17.4. The molecule has 0 saturated heterocycles. The number of hydrogen-bond acceptors (Lipinski definition) is 4. The molecule has 0 aromatic heterocycles. The fourth-order valence-corrected chi connectivity index (χ4v) is 3.08. The molecule has 3 rings (SSSR count). The van der Waals surface area contributed by atoms with Gasteiger partial charge in [-0.1, -0.05) is 54.6 Å². The molecule has 0 radical (unpaired) electrons. The first-order valence-electron chi connectivity index (χ1n) is 10.0. The summed E-state index contributed by atoms with van der Waals surface area (Å²) >= 11 is 0. The minimum atomic E-state index is -1.49. The topological polar surface area (TPSA) is 102 Å². The number of benzene rings is 3. The van der Waals surface area contributed by atoms with Crippen LogP contribution in [0.5, 0.6) is 5.75 Å². The zero-order valence-electron chi connectivity index (χ0n) is 17.4. The Morgan fingerprint density at radius 3 is 2.16 bits per heavy atom. The van der Waals surface area contributed by atoms with Gasteiger partial charge in [-0.2, -0.15) is 0 Å². The third-order valence-electron chi connectivity index (χ3n) is 4.87. The van der Waals surface area contributed by atoms with Gasteiger partial charge in [-0.15, -0.1) is 0 Å². The number of anilines is 1. The maximum atomic E-state index is 12.2. The summed E-state index contributed by atoms with van der Waals surface area (Å²) in [6.07, 6.45) is 0.320. The maximum absolute atomic E-state index is 12.2. The van der Waals surface area contributed by atoms with E-state index in [2.05, 4.69) is 41.7 Å². The van der Waals surface area contributed by atoms with Crippen LogP contribution in [0.15, 0.2) is 78.9 Å². The molecular weight excluding hydrogens is 392 g/mol. The molecule has 160 valence electrons. The Morgan fingerprint density at radius 1 is 0.935 bits per heavy atom. The lowest BCUT2D eigenvalue weighted by molar-refractivity contribution is -0.140. The summed E-state index contributed by atoms with van der Waals surface area (Å²) in [5.74, 6) is -0.999. The van der Waals surface area contributed by atoms with E-state index in [1.54, 1.807) is 24.3 Å². The first kappa shape index (κ1) is 22.1. The Kier molecular flexibility index (Phi) is 7.05. The lowest BCUT2D eigenvalue weighted by atomic mass is 9.98. The third kappa shape index (κ3) is 6.42. The van der Waals surface area contributed by atoms with E-state index in [1.165, 1.54) is 23.6 Å². The van der Waals surface area contributed by atoms with E-state index in [1.807, 2.05) is 18.2 Å². The molecule has 0 aliphatic rings. The molecule has 0 unspecified atom stereocenters. The molecule has 1 atom stereocenters. The van der Waals surface area contributed by atoms with Gasteiger partial charge < -0.3 is 20.9 Å². The van der Waals surface area contributed by atoms with E-state index in [0.29, 0.717) is 18.0 Å². The van der Waals surface area contributed by atoms with Crippen LogP contribution in [-0.2, 0) is 16.0 Å². The number of carbonyl (C=O) groups is 2. The number of carbonyl (C=O) groups excluding carboxylic acids is 1. The van der Waals surface area contributed by atoms with Gasteiger partial charge in [0.1, 0.15) is 11.3 Å². The van der Waals surface area contributed by atoms with Gasteiger partial charge in [0, 0.05) is 12.1 Å². The van der Waals surface area contributed by atoms with Gasteiger partial charge in [-0.25, -0.2) is 0 Å². The van der Waals surface area contributed by atoms with Crippen molar-refractivity contribution in [3.8, 4) is 16.9 Å². The molecule has 0 spiro atoms. The summed E-state index contributed by atoms with van der Waals surface area (Å²) in [6.45, 7) is 1.91. The van der Waals surface area contributed by atoms with E-state index in [0.717, 1.165) is 6.42 Å². The standard InChI is InChI=1S/C25H26N2O4/c1-25(26,17-23(28)29)24(30)27-21-11-13-22(14-12-21)31-16-15-18-7-9-20(10-8-18)19-5-3-2-4-6-19/h2-14H,15-17,26H2,1H3,(H,27,30)(H,28,29)/t25-/m0/s1. The van der Waals surface area contributed by atoms with Crippen molar-refractivity contribution in [2.45, 2.75) is 25.3 Å². The van der Waals surface area contributed by atoms with Crippen LogP contribution in [0.1, 0.15) is 18.9 Å². The largest absolute Gasteiger partial charge is 0.493 e. The second kappa shape index (κ2) is 9.91. The Balaban J connectivity index is 1.48. The molecule has 6 heteroatoms. The summed E-state index contributed by atoms with van der Waals surface area (Å²) < 4.78 is 5.79. The average molecular weight is 418 g/mol. The highest BCUT2D eigenvalue weighted by atomic mass is 16.5. The first-order valence-corrected chi connectivity index (χ1v) is 10.0. The van der Waals surface area contributed by atoms with Crippen LogP contribution in [0.4, 0.5) is 5.69 Å². The van der Waals surface area contributed by atoms with Crippen molar-refractivity contribution >= 4 is 17.6 Å². The van der Waals surface area contributed by atoms with Crippen LogP contribution < -0.4 is 15.8 Å². The van der Waals surface area contributed by atoms with Crippen LogP contribution in [0.2, 0.25) is 0 Å². The Bertz CT molecular complexity index is 1010. The van der Waals surface area contributed by atoms with Crippen molar-refractivity contribution in [3.05, 3.63) is 84.4 Å². The molecule has 0 aliphatic carbocycles. The second-order valence-corrected chi connectivity index (χ2v) is 7.63. The van der Waals surface area contributed by atoms with Crippen molar-refractivity contribution in [3.63, 3.8) is 0 Å². The second-order valence-electron chi connectivity index (χ2n) is 7.63. The molecule has 4 N–H and O–H groups in total. The molecule has 0 heterocycles.